The molecule has 5 heteroatoms. The van der Waals surface area contributed by atoms with Crippen LogP contribution in [-0.4, -0.2) is 36.1 Å². The SMILES string of the molecule is CCN1OC[C@@H](NC(=O)C(C)C)C1=O. The fourth-order valence-electron chi connectivity index (χ4n) is 1.16. The Morgan fingerprint density at radius 2 is 2.36 bits per heavy atom. The van der Waals surface area contributed by atoms with Crippen LogP contribution in [0, 0.1) is 5.92 Å². The van der Waals surface area contributed by atoms with Crippen LogP contribution in [0.25, 0.3) is 0 Å². The van der Waals surface area contributed by atoms with E-state index < -0.39 is 6.04 Å². The Balaban J connectivity index is 2.48. The molecule has 0 unspecified atom stereocenters. The molecule has 5 nitrogen and oxygen atoms in total. The predicted octanol–water partition coefficient (Wildman–Crippen LogP) is -0.0791. The highest BCUT2D eigenvalue weighted by Gasteiger charge is 2.33. The van der Waals surface area contributed by atoms with Crippen molar-refractivity contribution in [2.75, 3.05) is 13.2 Å². The van der Waals surface area contributed by atoms with E-state index in [4.69, 9.17) is 4.84 Å². The summed E-state index contributed by atoms with van der Waals surface area (Å²) in [5, 5.41) is 3.91. The van der Waals surface area contributed by atoms with Gasteiger partial charge in [-0.3, -0.25) is 14.4 Å². The van der Waals surface area contributed by atoms with Gasteiger partial charge >= 0.3 is 0 Å². The number of carbonyl (C=O) groups is 2. The number of rotatable bonds is 3. The molecular formula is C9H16N2O3. The van der Waals surface area contributed by atoms with E-state index in [9.17, 15) is 9.59 Å². The molecule has 2 amide bonds. The van der Waals surface area contributed by atoms with Crippen LogP contribution >= 0.6 is 0 Å². The van der Waals surface area contributed by atoms with Gasteiger partial charge in [-0.2, -0.15) is 0 Å². The molecule has 1 aliphatic heterocycles. The van der Waals surface area contributed by atoms with E-state index in [1.165, 1.54) is 5.06 Å². The number of hydrogen-bond acceptors (Lipinski definition) is 3. The molecule has 0 aromatic heterocycles. The molecule has 0 saturated carbocycles. The summed E-state index contributed by atoms with van der Waals surface area (Å²) >= 11 is 0. The van der Waals surface area contributed by atoms with Crippen molar-refractivity contribution in [3.8, 4) is 0 Å². The number of carbonyl (C=O) groups excluding carboxylic acids is 2. The number of hydroxylamine groups is 2. The van der Waals surface area contributed by atoms with Crippen LogP contribution in [0.4, 0.5) is 0 Å². The first-order valence-corrected chi connectivity index (χ1v) is 4.81. The first-order chi connectivity index (χ1) is 6.56. The van der Waals surface area contributed by atoms with Crippen LogP contribution in [-0.2, 0) is 14.4 Å². The molecule has 0 aromatic rings. The Morgan fingerprint density at radius 1 is 1.71 bits per heavy atom. The number of nitrogens with one attached hydrogen (secondary N) is 1. The normalized spacial score (nSPS) is 21.9. The third kappa shape index (κ3) is 2.23. The highest BCUT2D eigenvalue weighted by molar-refractivity contribution is 5.88. The molecule has 0 aromatic carbocycles. The van der Waals surface area contributed by atoms with Crippen molar-refractivity contribution in [3.05, 3.63) is 0 Å². The highest BCUT2D eigenvalue weighted by atomic mass is 16.7. The van der Waals surface area contributed by atoms with E-state index in [-0.39, 0.29) is 24.3 Å². The second kappa shape index (κ2) is 4.41. The summed E-state index contributed by atoms with van der Waals surface area (Å²) in [4.78, 5) is 27.9. The van der Waals surface area contributed by atoms with E-state index in [0.717, 1.165) is 0 Å². The molecule has 0 aliphatic carbocycles. The van der Waals surface area contributed by atoms with Gasteiger partial charge in [0.15, 0.2) is 0 Å². The molecule has 1 aliphatic rings. The average Bonchev–Trinajstić information content (AvgIpc) is 2.47. The van der Waals surface area contributed by atoms with Crippen LogP contribution in [0.3, 0.4) is 0 Å². The van der Waals surface area contributed by atoms with Crippen molar-refractivity contribution >= 4 is 11.8 Å². The van der Waals surface area contributed by atoms with Crippen LogP contribution in [0.2, 0.25) is 0 Å². The standard InChI is InChI=1S/C9H16N2O3/c1-4-11-9(13)7(5-14-11)10-8(12)6(2)3/h6-7H,4-5H2,1-3H3,(H,10,12)/t7-/m1/s1. The van der Waals surface area contributed by atoms with Crippen LogP contribution < -0.4 is 5.32 Å². The Morgan fingerprint density at radius 3 is 2.79 bits per heavy atom. The number of likely N-dealkylation sites (N-methyl/N-ethyl adjacent to an activating group) is 1. The van der Waals surface area contributed by atoms with Gasteiger partial charge in [0, 0.05) is 12.5 Å². The zero-order valence-electron chi connectivity index (χ0n) is 8.74. The van der Waals surface area contributed by atoms with Crippen LogP contribution in [0.5, 0.6) is 0 Å². The summed E-state index contributed by atoms with van der Waals surface area (Å²) in [5.74, 6) is -0.398. The van der Waals surface area contributed by atoms with Gasteiger partial charge < -0.3 is 5.32 Å². The van der Waals surface area contributed by atoms with Gasteiger partial charge in [0.1, 0.15) is 12.6 Å². The Kier molecular flexibility index (Phi) is 3.46. The number of amides is 2. The Labute approximate surface area is 83.4 Å². The maximum Gasteiger partial charge on any atom is 0.271 e. The largest absolute Gasteiger partial charge is 0.342 e. The van der Waals surface area contributed by atoms with E-state index in [2.05, 4.69) is 5.32 Å². The summed E-state index contributed by atoms with van der Waals surface area (Å²) in [6, 6.07) is -0.509. The smallest absolute Gasteiger partial charge is 0.271 e. The van der Waals surface area contributed by atoms with Crippen molar-refractivity contribution in [2.45, 2.75) is 26.8 Å². The minimum Gasteiger partial charge on any atom is -0.342 e. The van der Waals surface area contributed by atoms with Gasteiger partial charge in [-0.25, -0.2) is 5.06 Å². The molecule has 1 heterocycles. The second-order valence-corrected chi connectivity index (χ2v) is 3.54. The fourth-order valence-corrected chi connectivity index (χ4v) is 1.16. The zero-order chi connectivity index (χ0) is 10.7. The minimum absolute atomic E-state index is 0.113. The molecule has 1 saturated heterocycles. The molecular weight excluding hydrogens is 184 g/mol. The third-order valence-corrected chi connectivity index (χ3v) is 2.07. The van der Waals surface area contributed by atoms with Crippen LogP contribution in [0.15, 0.2) is 0 Å². The summed E-state index contributed by atoms with van der Waals surface area (Å²) < 4.78 is 0. The van der Waals surface area contributed by atoms with Crippen LogP contribution in [0.1, 0.15) is 20.8 Å². The van der Waals surface area contributed by atoms with Crippen molar-refractivity contribution in [3.63, 3.8) is 0 Å². The first-order valence-electron chi connectivity index (χ1n) is 4.81. The Bertz CT molecular complexity index is 240. The topological polar surface area (TPSA) is 58.6 Å². The second-order valence-electron chi connectivity index (χ2n) is 3.54. The average molecular weight is 200 g/mol. The molecule has 1 rings (SSSR count). The monoisotopic (exact) mass is 200 g/mol. The summed E-state index contributed by atoms with van der Waals surface area (Å²) in [5.41, 5.74) is 0. The molecule has 0 radical (unpaired) electrons. The maximum atomic E-state index is 11.5. The molecule has 1 fully saturated rings. The molecule has 14 heavy (non-hydrogen) atoms. The molecule has 0 bridgehead atoms. The lowest BCUT2D eigenvalue weighted by Crippen LogP contribution is -2.44. The van der Waals surface area contributed by atoms with Crippen molar-refractivity contribution in [1.82, 2.24) is 10.4 Å². The maximum absolute atomic E-state index is 11.5. The summed E-state index contributed by atoms with van der Waals surface area (Å²) in [6.45, 7) is 6.14. The van der Waals surface area contributed by atoms with Crippen molar-refractivity contribution in [2.24, 2.45) is 5.92 Å². The highest BCUT2D eigenvalue weighted by Crippen LogP contribution is 2.07. The van der Waals surface area contributed by atoms with Gasteiger partial charge in [-0.15, -0.1) is 0 Å². The summed E-state index contributed by atoms with van der Waals surface area (Å²) in [6.07, 6.45) is 0. The Hall–Kier alpha value is -1.10. The lowest BCUT2D eigenvalue weighted by Gasteiger charge is -2.12. The lowest BCUT2D eigenvalue weighted by atomic mass is 10.2. The number of hydrogen-bond donors (Lipinski definition) is 1. The van der Waals surface area contributed by atoms with Gasteiger partial charge in [0.25, 0.3) is 5.91 Å². The van der Waals surface area contributed by atoms with Gasteiger partial charge in [0.2, 0.25) is 5.91 Å². The first kappa shape index (κ1) is 11.0. The van der Waals surface area contributed by atoms with Gasteiger partial charge in [-0.1, -0.05) is 13.8 Å². The lowest BCUT2D eigenvalue weighted by molar-refractivity contribution is -0.160. The predicted molar refractivity (Wildman–Crippen MR) is 50.1 cm³/mol. The zero-order valence-corrected chi connectivity index (χ0v) is 8.74. The van der Waals surface area contributed by atoms with Crippen molar-refractivity contribution < 1.29 is 14.4 Å². The summed E-state index contributed by atoms with van der Waals surface area (Å²) in [7, 11) is 0. The molecule has 0 spiro atoms. The molecule has 1 N–H and O–H groups in total. The number of nitrogens with zero attached hydrogens (tertiary/aromatic N) is 1. The van der Waals surface area contributed by atoms with E-state index in [0.29, 0.717) is 6.54 Å². The molecule has 1 atom stereocenters. The van der Waals surface area contributed by atoms with Crippen molar-refractivity contribution in [1.29, 1.82) is 0 Å². The molecule has 80 valence electrons. The fraction of sp³-hybridized carbons (Fsp3) is 0.778. The third-order valence-electron chi connectivity index (χ3n) is 2.07. The van der Waals surface area contributed by atoms with Gasteiger partial charge in [0.05, 0.1) is 0 Å². The van der Waals surface area contributed by atoms with Gasteiger partial charge in [-0.05, 0) is 6.92 Å². The van der Waals surface area contributed by atoms with E-state index in [1.54, 1.807) is 13.8 Å². The van der Waals surface area contributed by atoms with E-state index in [1.807, 2.05) is 6.92 Å². The van der Waals surface area contributed by atoms with E-state index >= 15 is 0 Å². The quantitative estimate of drug-likeness (QED) is 0.693. The minimum atomic E-state index is -0.509.